The van der Waals surface area contributed by atoms with Crippen LogP contribution in [-0.4, -0.2) is 15.3 Å². The first-order valence-electron chi connectivity index (χ1n) is 8.76. The molecule has 0 aliphatic carbocycles. The van der Waals surface area contributed by atoms with E-state index in [2.05, 4.69) is 10.6 Å². The fourth-order valence-corrected chi connectivity index (χ4v) is 2.79. The number of aromatic hydroxyl groups is 2. The van der Waals surface area contributed by atoms with Gasteiger partial charge in [-0.15, -0.1) is 0 Å². The standard InChI is InChI=1S/C22H17F3N2O2S/c23-22(24,25)16-6-10-18(11-7-16)27-21(30)26-17-8-3-14(4-9-17)1-2-15-5-12-19(28)20(29)13-15/h1-13,28-29H,(H2,26,27,30)/b2-1+. The Labute approximate surface area is 176 Å². The molecule has 0 aliphatic rings. The van der Waals surface area contributed by atoms with Crippen LogP contribution in [0, 0.1) is 0 Å². The Morgan fingerprint density at radius 2 is 1.23 bits per heavy atom. The molecule has 0 atom stereocenters. The normalized spacial score (nSPS) is 11.4. The molecule has 0 aliphatic heterocycles. The molecule has 0 heterocycles. The topological polar surface area (TPSA) is 64.5 Å². The maximum Gasteiger partial charge on any atom is 0.416 e. The molecule has 0 amide bonds. The van der Waals surface area contributed by atoms with Gasteiger partial charge in [0.2, 0.25) is 0 Å². The Hall–Kier alpha value is -3.52. The molecule has 0 spiro atoms. The Kier molecular flexibility index (Phi) is 6.27. The number of hydrogen-bond acceptors (Lipinski definition) is 3. The van der Waals surface area contributed by atoms with Crippen molar-refractivity contribution in [1.29, 1.82) is 0 Å². The molecule has 0 saturated carbocycles. The summed E-state index contributed by atoms with van der Waals surface area (Å²) in [5.74, 6) is -0.366. The van der Waals surface area contributed by atoms with Gasteiger partial charge in [0.25, 0.3) is 0 Å². The lowest BCUT2D eigenvalue weighted by molar-refractivity contribution is -0.137. The van der Waals surface area contributed by atoms with Crippen molar-refractivity contribution < 1.29 is 23.4 Å². The Morgan fingerprint density at radius 1 is 0.733 bits per heavy atom. The Morgan fingerprint density at radius 3 is 1.77 bits per heavy atom. The Bertz CT molecular complexity index is 1060. The van der Waals surface area contributed by atoms with Crippen molar-refractivity contribution in [3.63, 3.8) is 0 Å². The summed E-state index contributed by atoms with van der Waals surface area (Å²) < 4.78 is 37.8. The number of phenols is 2. The summed E-state index contributed by atoms with van der Waals surface area (Å²) in [6.45, 7) is 0. The molecule has 3 aromatic rings. The van der Waals surface area contributed by atoms with Crippen LogP contribution in [0.25, 0.3) is 12.2 Å². The number of thiocarbonyl (C=S) groups is 1. The fraction of sp³-hybridized carbons (Fsp3) is 0.0455. The maximum absolute atomic E-state index is 12.6. The quantitative estimate of drug-likeness (QED) is 0.229. The lowest BCUT2D eigenvalue weighted by atomic mass is 10.1. The second kappa shape index (κ2) is 8.87. The summed E-state index contributed by atoms with van der Waals surface area (Å²) in [5.41, 5.74) is 2.05. The highest BCUT2D eigenvalue weighted by Gasteiger charge is 2.29. The van der Waals surface area contributed by atoms with Crippen molar-refractivity contribution in [3.05, 3.63) is 83.4 Å². The van der Waals surface area contributed by atoms with Crippen molar-refractivity contribution >= 4 is 40.9 Å². The molecule has 3 aromatic carbocycles. The van der Waals surface area contributed by atoms with E-state index >= 15 is 0 Å². The smallest absolute Gasteiger partial charge is 0.416 e. The number of hydrogen-bond donors (Lipinski definition) is 4. The van der Waals surface area contributed by atoms with E-state index in [1.165, 1.54) is 24.3 Å². The van der Waals surface area contributed by atoms with Crippen molar-refractivity contribution in [3.8, 4) is 11.5 Å². The molecule has 0 bridgehead atoms. The fourth-order valence-electron chi connectivity index (χ4n) is 2.55. The van der Waals surface area contributed by atoms with Crippen LogP contribution in [0.2, 0.25) is 0 Å². The average Bonchev–Trinajstić information content (AvgIpc) is 2.69. The maximum atomic E-state index is 12.6. The molecule has 0 unspecified atom stereocenters. The highest BCUT2D eigenvalue weighted by molar-refractivity contribution is 7.80. The van der Waals surface area contributed by atoms with Crippen molar-refractivity contribution in [1.82, 2.24) is 0 Å². The third-order valence-electron chi connectivity index (χ3n) is 4.11. The SMILES string of the molecule is Oc1ccc(/C=C/c2ccc(NC(=S)Nc3ccc(C(F)(F)F)cc3)cc2)cc1O. The predicted octanol–water partition coefficient (Wildman–Crippen LogP) is 6.10. The second-order valence-electron chi connectivity index (χ2n) is 6.36. The second-order valence-corrected chi connectivity index (χ2v) is 6.77. The number of benzene rings is 3. The van der Waals surface area contributed by atoms with Crippen LogP contribution in [0.1, 0.15) is 16.7 Å². The van der Waals surface area contributed by atoms with Gasteiger partial charge in [-0.3, -0.25) is 0 Å². The minimum absolute atomic E-state index is 0.177. The summed E-state index contributed by atoms with van der Waals surface area (Å²) >= 11 is 5.19. The zero-order valence-electron chi connectivity index (χ0n) is 15.4. The number of nitrogens with one attached hydrogen (secondary N) is 2. The Balaban J connectivity index is 1.57. The number of alkyl halides is 3. The van der Waals surface area contributed by atoms with Gasteiger partial charge in [-0.25, -0.2) is 0 Å². The highest BCUT2D eigenvalue weighted by atomic mass is 32.1. The van der Waals surface area contributed by atoms with Gasteiger partial charge < -0.3 is 20.8 Å². The van der Waals surface area contributed by atoms with Crippen LogP contribution < -0.4 is 10.6 Å². The molecule has 154 valence electrons. The van der Waals surface area contributed by atoms with E-state index in [9.17, 15) is 23.4 Å². The van der Waals surface area contributed by atoms with E-state index in [0.29, 0.717) is 11.4 Å². The van der Waals surface area contributed by atoms with E-state index in [1.807, 2.05) is 18.2 Å². The first kappa shape index (κ1) is 21.2. The zero-order valence-corrected chi connectivity index (χ0v) is 16.3. The highest BCUT2D eigenvalue weighted by Crippen LogP contribution is 2.30. The lowest BCUT2D eigenvalue weighted by Gasteiger charge is -2.12. The first-order chi connectivity index (χ1) is 14.2. The summed E-state index contributed by atoms with van der Waals surface area (Å²) in [7, 11) is 0. The molecule has 8 heteroatoms. The number of halogens is 3. The minimum atomic E-state index is -4.38. The third kappa shape index (κ3) is 5.74. The van der Waals surface area contributed by atoms with E-state index in [0.717, 1.165) is 23.3 Å². The number of phenolic OH excluding ortho intramolecular Hbond substituents is 2. The van der Waals surface area contributed by atoms with Gasteiger partial charge in [-0.2, -0.15) is 13.2 Å². The summed E-state index contributed by atoms with van der Waals surface area (Å²) in [6.07, 6.45) is -0.747. The largest absolute Gasteiger partial charge is 0.504 e. The molecule has 4 N–H and O–H groups in total. The van der Waals surface area contributed by atoms with Crippen LogP contribution >= 0.6 is 12.2 Å². The van der Waals surface area contributed by atoms with Crippen molar-refractivity contribution in [2.24, 2.45) is 0 Å². The van der Waals surface area contributed by atoms with Crippen molar-refractivity contribution in [2.45, 2.75) is 6.18 Å². The average molecular weight is 430 g/mol. The molecular weight excluding hydrogens is 413 g/mol. The molecule has 3 rings (SSSR count). The van der Waals surface area contributed by atoms with Crippen LogP contribution in [-0.2, 0) is 6.18 Å². The molecule has 4 nitrogen and oxygen atoms in total. The molecule has 0 radical (unpaired) electrons. The third-order valence-corrected chi connectivity index (χ3v) is 4.31. The molecule has 0 aromatic heterocycles. The lowest BCUT2D eigenvalue weighted by Crippen LogP contribution is -2.19. The van der Waals surface area contributed by atoms with Gasteiger partial charge in [0.05, 0.1) is 5.56 Å². The minimum Gasteiger partial charge on any atom is -0.504 e. The van der Waals surface area contributed by atoms with Gasteiger partial charge in [0, 0.05) is 11.4 Å². The van der Waals surface area contributed by atoms with Crippen LogP contribution in [0.5, 0.6) is 11.5 Å². The van der Waals surface area contributed by atoms with Gasteiger partial charge in [-0.05, 0) is 71.9 Å². The monoisotopic (exact) mass is 430 g/mol. The van der Waals surface area contributed by atoms with Crippen molar-refractivity contribution in [2.75, 3.05) is 10.6 Å². The van der Waals surface area contributed by atoms with Crippen LogP contribution in [0.3, 0.4) is 0 Å². The van der Waals surface area contributed by atoms with Crippen LogP contribution in [0.15, 0.2) is 66.7 Å². The summed E-state index contributed by atoms with van der Waals surface area (Å²) in [5, 5.41) is 24.9. The predicted molar refractivity (Wildman–Crippen MR) is 116 cm³/mol. The molecular formula is C22H17F3N2O2S. The molecule has 0 saturated heterocycles. The number of anilines is 2. The zero-order chi connectivity index (χ0) is 21.7. The van der Waals surface area contributed by atoms with E-state index in [1.54, 1.807) is 24.3 Å². The molecule has 0 fully saturated rings. The van der Waals surface area contributed by atoms with E-state index < -0.39 is 11.7 Å². The van der Waals surface area contributed by atoms with E-state index in [-0.39, 0.29) is 16.6 Å². The molecule has 30 heavy (non-hydrogen) atoms. The van der Waals surface area contributed by atoms with Gasteiger partial charge >= 0.3 is 6.18 Å². The summed E-state index contributed by atoms with van der Waals surface area (Å²) in [6, 6.07) is 16.4. The van der Waals surface area contributed by atoms with Crippen LogP contribution in [0.4, 0.5) is 24.5 Å². The van der Waals surface area contributed by atoms with E-state index in [4.69, 9.17) is 12.2 Å². The summed E-state index contributed by atoms with van der Waals surface area (Å²) in [4.78, 5) is 0. The van der Waals surface area contributed by atoms with Gasteiger partial charge in [0.1, 0.15) is 0 Å². The van der Waals surface area contributed by atoms with Gasteiger partial charge in [-0.1, -0.05) is 30.4 Å². The first-order valence-corrected chi connectivity index (χ1v) is 9.17. The van der Waals surface area contributed by atoms with Gasteiger partial charge in [0.15, 0.2) is 16.6 Å². The number of rotatable bonds is 4.